The maximum atomic E-state index is 12.7. The van der Waals surface area contributed by atoms with E-state index < -0.39 is 18.1 Å². The van der Waals surface area contributed by atoms with Crippen molar-refractivity contribution in [1.82, 2.24) is 10.3 Å². The van der Waals surface area contributed by atoms with Crippen LogP contribution in [-0.4, -0.2) is 34.8 Å². The van der Waals surface area contributed by atoms with Gasteiger partial charge >= 0.3 is 12.1 Å². The van der Waals surface area contributed by atoms with Gasteiger partial charge in [-0.3, -0.25) is 4.98 Å². The Kier molecular flexibility index (Phi) is 6.69. The number of alkyl carbamates (subject to hydrolysis) is 1. The summed E-state index contributed by atoms with van der Waals surface area (Å²) in [6.45, 7) is 0.101. The second-order valence-electron chi connectivity index (χ2n) is 8.61. The number of aliphatic carboxylic acids is 1. The van der Waals surface area contributed by atoms with Gasteiger partial charge in [0.25, 0.3) is 0 Å². The highest BCUT2D eigenvalue weighted by Gasteiger charge is 2.30. The second kappa shape index (κ2) is 10.2. The monoisotopic (exact) mass is 498 g/mol. The molecule has 1 atom stereocenters. The van der Waals surface area contributed by atoms with Crippen LogP contribution in [0, 0.1) is 0 Å². The van der Waals surface area contributed by atoms with E-state index in [1.807, 2.05) is 48.5 Å². The zero-order chi connectivity index (χ0) is 25.1. The van der Waals surface area contributed by atoms with Crippen molar-refractivity contribution in [2.75, 3.05) is 6.61 Å². The number of rotatable bonds is 7. The smallest absolute Gasteiger partial charge is 0.407 e. The quantitative estimate of drug-likeness (QED) is 0.329. The van der Waals surface area contributed by atoms with E-state index in [2.05, 4.69) is 22.4 Å². The van der Waals surface area contributed by atoms with Gasteiger partial charge in [-0.05, 0) is 51.6 Å². The molecular weight excluding hydrogens is 476 g/mol. The lowest BCUT2D eigenvalue weighted by Gasteiger charge is -2.19. The normalized spacial score (nSPS) is 12.9. The molecular formula is C29H23ClN2O4. The van der Waals surface area contributed by atoms with Crippen molar-refractivity contribution in [3.8, 4) is 22.3 Å². The maximum absolute atomic E-state index is 12.7. The summed E-state index contributed by atoms with van der Waals surface area (Å²) in [5, 5.41) is 12.8. The molecule has 5 rings (SSSR count). The number of hydrogen-bond acceptors (Lipinski definition) is 4. The van der Waals surface area contributed by atoms with Gasteiger partial charge in [-0.15, -0.1) is 0 Å². The lowest BCUT2D eigenvalue weighted by Crippen LogP contribution is -2.43. The molecule has 1 aliphatic rings. The van der Waals surface area contributed by atoms with E-state index in [1.54, 1.807) is 30.6 Å². The molecule has 2 N–H and O–H groups in total. The van der Waals surface area contributed by atoms with Crippen LogP contribution in [0.1, 0.15) is 22.6 Å². The van der Waals surface area contributed by atoms with E-state index >= 15 is 0 Å². The predicted molar refractivity (Wildman–Crippen MR) is 138 cm³/mol. The van der Waals surface area contributed by atoms with E-state index in [4.69, 9.17) is 16.3 Å². The van der Waals surface area contributed by atoms with Crippen LogP contribution in [0.25, 0.3) is 22.3 Å². The number of aromatic nitrogens is 1. The first kappa shape index (κ1) is 23.6. The molecule has 1 aliphatic carbocycles. The van der Waals surface area contributed by atoms with E-state index in [1.165, 1.54) is 0 Å². The summed E-state index contributed by atoms with van der Waals surface area (Å²) in [5.41, 5.74) is 6.72. The molecule has 36 heavy (non-hydrogen) atoms. The molecule has 0 spiro atoms. The lowest BCUT2D eigenvalue weighted by molar-refractivity contribution is -0.139. The fourth-order valence-electron chi connectivity index (χ4n) is 4.74. The molecule has 0 bridgehead atoms. The Balaban J connectivity index is 1.31. The maximum Gasteiger partial charge on any atom is 0.407 e. The highest BCUT2D eigenvalue weighted by atomic mass is 35.5. The van der Waals surface area contributed by atoms with Gasteiger partial charge in [0.05, 0.1) is 0 Å². The summed E-state index contributed by atoms with van der Waals surface area (Å²) < 4.78 is 5.55. The molecule has 1 aromatic heterocycles. The number of pyridine rings is 1. The number of fused-ring (bicyclic) bond motifs is 3. The molecule has 180 valence electrons. The summed E-state index contributed by atoms with van der Waals surface area (Å²) >= 11 is 6.20. The molecule has 6 nitrogen and oxygen atoms in total. The number of amides is 1. The molecule has 0 unspecified atom stereocenters. The van der Waals surface area contributed by atoms with Gasteiger partial charge in [-0.2, -0.15) is 0 Å². The first-order valence-electron chi connectivity index (χ1n) is 11.5. The summed E-state index contributed by atoms with van der Waals surface area (Å²) in [7, 11) is 0. The summed E-state index contributed by atoms with van der Waals surface area (Å²) in [6, 6.07) is 23.8. The van der Waals surface area contributed by atoms with Crippen molar-refractivity contribution in [2.24, 2.45) is 0 Å². The molecule has 1 amide bonds. The Hall–Kier alpha value is -4.16. The van der Waals surface area contributed by atoms with Gasteiger partial charge in [0.15, 0.2) is 0 Å². The molecule has 3 aromatic carbocycles. The first-order valence-corrected chi connectivity index (χ1v) is 11.9. The van der Waals surface area contributed by atoms with Gasteiger partial charge in [-0.1, -0.05) is 72.3 Å². The Morgan fingerprint density at radius 2 is 1.64 bits per heavy atom. The van der Waals surface area contributed by atoms with Gasteiger partial charge in [0.1, 0.15) is 12.6 Å². The van der Waals surface area contributed by atoms with Crippen molar-refractivity contribution < 1.29 is 19.4 Å². The minimum absolute atomic E-state index is 0.0321. The number of hydrogen-bond donors (Lipinski definition) is 2. The first-order chi connectivity index (χ1) is 17.5. The van der Waals surface area contributed by atoms with Crippen LogP contribution in [-0.2, 0) is 16.0 Å². The number of nitrogens with zero attached hydrogens (tertiary/aromatic N) is 1. The number of carbonyl (C=O) groups is 2. The average Bonchev–Trinajstić information content (AvgIpc) is 3.21. The van der Waals surface area contributed by atoms with Crippen molar-refractivity contribution in [2.45, 2.75) is 18.4 Å². The molecule has 4 aromatic rings. The topological polar surface area (TPSA) is 88.5 Å². The molecule has 1 heterocycles. The van der Waals surface area contributed by atoms with E-state index in [-0.39, 0.29) is 18.9 Å². The SMILES string of the molecule is O=C(N[C@@H](Cc1cc(Cl)ccc1-c1cccnc1)C(=O)O)OCC1c2ccccc2-c2ccccc21. The van der Waals surface area contributed by atoms with Crippen molar-refractivity contribution in [1.29, 1.82) is 0 Å². The number of benzene rings is 3. The molecule has 0 saturated heterocycles. The fraction of sp³-hybridized carbons (Fsp3) is 0.138. The van der Waals surface area contributed by atoms with Crippen LogP contribution in [0.4, 0.5) is 4.79 Å². The molecule has 0 fully saturated rings. The number of carboxylic acid groups (broad SMARTS) is 1. The highest BCUT2D eigenvalue weighted by molar-refractivity contribution is 6.30. The summed E-state index contributed by atoms with van der Waals surface area (Å²) in [6.07, 6.45) is 2.61. The standard InChI is InChI=1S/C29H23ClN2O4/c30-20-11-12-21(18-6-5-13-31-16-18)19(14-20)15-27(28(33)34)32-29(35)36-17-26-24-9-3-1-7-22(24)23-8-2-4-10-25(23)26/h1-14,16,26-27H,15,17H2,(H,32,35)(H,33,34)/t27-/m0/s1. The molecule has 0 aliphatic heterocycles. The third-order valence-corrected chi connectivity index (χ3v) is 6.63. The third-order valence-electron chi connectivity index (χ3n) is 6.40. The minimum Gasteiger partial charge on any atom is -0.480 e. The Morgan fingerprint density at radius 3 is 2.28 bits per heavy atom. The average molecular weight is 499 g/mol. The van der Waals surface area contributed by atoms with Crippen LogP contribution in [0.3, 0.4) is 0 Å². The van der Waals surface area contributed by atoms with E-state index in [0.29, 0.717) is 10.6 Å². The largest absolute Gasteiger partial charge is 0.480 e. The van der Waals surface area contributed by atoms with Crippen LogP contribution in [0.5, 0.6) is 0 Å². The van der Waals surface area contributed by atoms with Gasteiger partial charge in [0, 0.05) is 35.3 Å². The summed E-state index contributed by atoms with van der Waals surface area (Å²) in [4.78, 5) is 28.9. The van der Waals surface area contributed by atoms with Crippen LogP contribution in [0.15, 0.2) is 91.3 Å². The zero-order valence-corrected chi connectivity index (χ0v) is 20.0. The zero-order valence-electron chi connectivity index (χ0n) is 19.2. The van der Waals surface area contributed by atoms with Crippen molar-refractivity contribution in [3.63, 3.8) is 0 Å². The Bertz CT molecular complexity index is 1380. The van der Waals surface area contributed by atoms with Gasteiger partial charge < -0.3 is 15.2 Å². The number of halogens is 1. The lowest BCUT2D eigenvalue weighted by atomic mass is 9.96. The van der Waals surface area contributed by atoms with Crippen LogP contribution >= 0.6 is 11.6 Å². The highest BCUT2D eigenvalue weighted by Crippen LogP contribution is 2.44. The summed E-state index contributed by atoms with van der Waals surface area (Å²) in [5.74, 6) is -1.28. The minimum atomic E-state index is -1.20. The van der Waals surface area contributed by atoms with E-state index in [9.17, 15) is 14.7 Å². The van der Waals surface area contributed by atoms with Gasteiger partial charge in [0.2, 0.25) is 0 Å². The van der Waals surface area contributed by atoms with Crippen LogP contribution in [0.2, 0.25) is 5.02 Å². The molecule has 0 saturated carbocycles. The van der Waals surface area contributed by atoms with Crippen molar-refractivity contribution >= 4 is 23.7 Å². The second-order valence-corrected chi connectivity index (χ2v) is 9.04. The fourth-order valence-corrected chi connectivity index (χ4v) is 4.93. The predicted octanol–water partition coefficient (Wildman–Crippen LogP) is 5.94. The van der Waals surface area contributed by atoms with Crippen molar-refractivity contribution in [3.05, 3.63) is 113 Å². The van der Waals surface area contributed by atoms with Gasteiger partial charge in [-0.25, -0.2) is 9.59 Å². The third kappa shape index (κ3) is 4.81. The number of carboxylic acids is 1. The Labute approximate surface area is 213 Å². The van der Waals surface area contributed by atoms with E-state index in [0.717, 1.165) is 33.4 Å². The Morgan fingerprint density at radius 1 is 0.944 bits per heavy atom. The number of nitrogens with one attached hydrogen (secondary N) is 1. The number of ether oxygens (including phenoxy) is 1. The molecule has 7 heteroatoms. The number of carbonyl (C=O) groups excluding carboxylic acids is 1. The van der Waals surface area contributed by atoms with Crippen LogP contribution < -0.4 is 5.32 Å². The molecule has 0 radical (unpaired) electrons.